The van der Waals surface area contributed by atoms with Crippen LogP contribution >= 0.6 is 0 Å². The van der Waals surface area contributed by atoms with Crippen LogP contribution in [0.5, 0.6) is 0 Å². The number of hydrogen-bond acceptors (Lipinski definition) is 1. The Bertz CT molecular complexity index is 3660. The van der Waals surface area contributed by atoms with Crippen LogP contribution in [0.1, 0.15) is 0 Å². The summed E-state index contributed by atoms with van der Waals surface area (Å²) in [6.45, 7) is 0. The third-order valence-corrected chi connectivity index (χ3v) is 13.0. The lowest BCUT2D eigenvalue weighted by Gasteiger charge is -2.21. The molecule has 0 N–H and O–H groups in total. The molecule has 12 aromatic carbocycles. The summed E-state index contributed by atoms with van der Waals surface area (Å²) in [5.41, 5.74) is 14.0. The fourth-order valence-corrected chi connectivity index (χ4v) is 10.3. The third kappa shape index (κ3) is 5.14. The van der Waals surface area contributed by atoms with Gasteiger partial charge in [-0.3, -0.25) is 0 Å². The highest BCUT2D eigenvalue weighted by Gasteiger charge is 2.22. The van der Waals surface area contributed by atoms with E-state index in [2.05, 4.69) is 212 Å². The number of furan rings is 1. The average Bonchev–Trinajstić information content (AvgIpc) is 3.72. The molecule has 0 radical (unpaired) electrons. The lowest BCUT2D eigenvalue weighted by Crippen LogP contribution is -1.94. The van der Waals surface area contributed by atoms with Crippen LogP contribution in [0, 0.1) is 0 Å². The minimum absolute atomic E-state index is 0.913. The van der Waals surface area contributed by atoms with Gasteiger partial charge in [-0.2, -0.15) is 0 Å². The maximum absolute atomic E-state index is 6.56. The van der Waals surface area contributed by atoms with Crippen LogP contribution in [0.15, 0.2) is 223 Å². The Hall–Kier alpha value is -8.00. The van der Waals surface area contributed by atoms with Crippen LogP contribution in [0.3, 0.4) is 0 Å². The molecule has 0 spiro atoms. The van der Waals surface area contributed by atoms with Crippen LogP contribution in [0.25, 0.3) is 131 Å². The number of hydrogen-bond donors (Lipinski definition) is 0. The van der Waals surface area contributed by atoms with E-state index in [1.165, 1.54) is 98.4 Å². The molecule has 1 aromatic heterocycles. The lowest BCUT2D eigenvalue weighted by molar-refractivity contribution is 0.670. The minimum Gasteiger partial charge on any atom is -0.455 e. The molecule has 1 heterocycles. The zero-order valence-electron chi connectivity index (χ0n) is 33.2. The van der Waals surface area contributed by atoms with Crippen LogP contribution in [0.2, 0.25) is 0 Å². The van der Waals surface area contributed by atoms with E-state index >= 15 is 0 Å². The maximum atomic E-state index is 6.56. The van der Waals surface area contributed by atoms with Crippen LogP contribution in [-0.2, 0) is 0 Å². The second-order valence-corrected chi connectivity index (χ2v) is 16.3. The molecule has 1 heteroatoms. The van der Waals surface area contributed by atoms with Crippen molar-refractivity contribution in [3.05, 3.63) is 218 Å². The second-order valence-electron chi connectivity index (χ2n) is 16.3. The molecule has 0 saturated heterocycles. The van der Waals surface area contributed by atoms with Gasteiger partial charge in [0, 0.05) is 16.3 Å². The molecule has 0 amide bonds. The van der Waals surface area contributed by atoms with E-state index in [-0.39, 0.29) is 0 Å². The number of para-hydroxylation sites is 2. The summed E-state index contributed by atoms with van der Waals surface area (Å²) in [7, 11) is 0. The van der Waals surface area contributed by atoms with Crippen molar-refractivity contribution in [3.63, 3.8) is 0 Å². The zero-order valence-corrected chi connectivity index (χ0v) is 33.2. The highest BCUT2D eigenvalue weighted by atomic mass is 16.3. The van der Waals surface area contributed by atoms with Crippen molar-refractivity contribution in [1.29, 1.82) is 0 Å². The van der Waals surface area contributed by atoms with Crippen molar-refractivity contribution in [3.8, 4) is 55.6 Å². The van der Waals surface area contributed by atoms with E-state index in [1.54, 1.807) is 0 Å². The van der Waals surface area contributed by atoms with E-state index in [4.69, 9.17) is 4.42 Å². The predicted octanol–water partition coefficient (Wildman–Crippen LogP) is 17.1. The van der Waals surface area contributed by atoms with Gasteiger partial charge in [0.25, 0.3) is 0 Å². The maximum Gasteiger partial charge on any atom is 0.143 e. The summed E-state index contributed by atoms with van der Waals surface area (Å²) in [6.07, 6.45) is 0. The molecule has 0 aliphatic carbocycles. The number of benzene rings is 12. The normalized spacial score (nSPS) is 11.9. The van der Waals surface area contributed by atoms with Crippen molar-refractivity contribution in [2.24, 2.45) is 0 Å². The highest BCUT2D eigenvalue weighted by Crippen LogP contribution is 2.49. The highest BCUT2D eigenvalue weighted by molar-refractivity contribution is 6.30. The Morgan fingerprint density at radius 3 is 1.25 bits per heavy atom. The van der Waals surface area contributed by atoms with Crippen molar-refractivity contribution in [2.75, 3.05) is 0 Å². The van der Waals surface area contributed by atoms with Gasteiger partial charge >= 0.3 is 0 Å². The molecule has 13 rings (SSSR count). The fraction of sp³-hybridized carbons (Fsp3) is 0. The number of rotatable bonds is 5. The first-order valence-electron chi connectivity index (χ1n) is 21.1. The molecule has 1 nitrogen and oxygen atoms in total. The summed E-state index contributed by atoms with van der Waals surface area (Å²) in [4.78, 5) is 0. The first kappa shape index (κ1) is 33.9. The van der Waals surface area contributed by atoms with Gasteiger partial charge in [-0.25, -0.2) is 0 Å². The predicted molar refractivity (Wildman–Crippen MR) is 260 cm³/mol. The summed E-state index contributed by atoms with van der Waals surface area (Å²) >= 11 is 0. The van der Waals surface area contributed by atoms with Crippen LogP contribution < -0.4 is 0 Å². The molecule has 0 bridgehead atoms. The molecule has 61 heavy (non-hydrogen) atoms. The van der Waals surface area contributed by atoms with E-state index in [1.807, 2.05) is 6.07 Å². The van der Waals surface area contributed by atoms with Gasteiger partial charge in [0.1, 0.15) is 11.2 Å². The second kappa shape index (κ2) is 13.3. The first-order valence-corrected chi connectivity index (χ1v) is 21.1. The van der Waals surface area contributed by atoms with E-state index < -0.39 is 0 Å². The quantitative estimate of drug-likeness (QED) is 0.159. The average molecular weight is 773 g/mol. The Balaban J connectivity index is 1.12. The van der Waals surface area contributed by atoms with Gasteiger partial charge in [0.15, 0.2) is 0 Å². The van der Waals surface area contributed by atoms with Crippen molar-refractivity contribution in [1.82, 2.24) is 0 Å². The summed E-state index contributed by atoms with van der Waals surface area (Å²) in [5, 5.41) is 14.8. The number of fused-ring (bicyclic) bond motifs is 5. The van der Waals surface area contributed by atoms with Crippen molar-refractivity contribution >= 4 is 75.8 Å². The van der Waals surface area contributed by atoms with E-state index in [0.717, 1.165) is 33.1 Å². The molecule has 0 unspecified atom stereocenters. The van der Waals surface area contributed by atoms with Gasteiger partial charge < -0.3 is 4.42 Å². The van der Waals surface area contributed by atoms with E-state index in [9.17, 15) is 0 Å². The van der Waals surface area contributed by atoms with Crippen molar-refractivity contribution < 1.29 is 4.42 Å². The minimum atomic E-state index is 0.913. The third-order valence-electron chi connectivity index (χ3n) is 13.0. The van der Waals surface area contributed by atoms with Gasteiger partial charge in [-0.15, -0.1) is 0 Å². The Morgan fingerprint density at radius 1 is 0.230 bits per heavy atom. The molecular formula is C60H36O. The van der Waals surface area contributed by atoms with Crippen LogP contribution in [0.4, 0.5) is 0 Å². The molecule has 0 aliphatic rings. The summed E-state index contributed by atoms with van der Waals surface area (Å²) in [5.74, 6) is 0. The molecule has 0 fully saturated rings. The largest absolute Gasteiger partial charge is 0.455 e. The van der Waals surface area contributed by atoms with E-state index in [0.29, 0.717) is 0 Å². The smallest absolute Gasteiger partial charge is 0.143 e. The van der Waals surface area contributed by atoms with Crippen LogP contribution in [-0.4, -0.2) is 0 Å². The molecule has 0 atom stereocenters. The molecule has 0 aliphatic heterocycles. The van der Waals surface area contributed by atoms with Gasteiger partial charge in [0.05, 0.1) is 0 Å². The first-order chi connectivity index (χ1) is 30.3. The molecule has 282 valence electrons. The topological polar surface area (TPSA) is 13.1 Å². The Morgan fingerprint density at radius 2 is 0.689 bits per heavy atom. The lowest BCUT2D eigenvalue weighted by atomic mass is 9.82. The standard InChI is InChI=1S/C60H36O/c1-3-14-37(15-4-1)42-30-32-49(47-20-9-7-18-45(42)47)55-36-56(50-33-31-43(38-16-5-2-6-17-38)46-19-8-10-21-48(46)50)53-29-27-40-35-41(34-39-26-28-52(55)59(53)58(39)40)44-23-13-24-54-51-22-11-12-25-57(51)61-60(44)54/h1-36H. The Kier molecular flexibility index (Phi) is 7.37. The summed E-state index contributed by atoms with van der Waals surface area (Å²) < 4.78 is 6.56. The summed E-state index contributed by atoms with van der Waals surface area (Å²) in [6, 6.07) is 80.2. The zero-order chi connectivity index (χ0) is 40.0. The van der Waals surface area contributed by atoms with Gasteiger partial charge in [-0.05, 0) is 128 Å². The molecule has 13 aromatic rings. The van der Waals surface area contributed by atoms with Gasteiger partial charge in [0.2, 0.25) is 0 Å². The Labute approximate surface area is 352 Å². The van der Waals surface area contributed by atoms with Crippen molar-refractivity contribution in [2.45, 2.75) is 0 Å². The fourth-order valence-electron chi connectivity index (χ4n) is 10.3. The molecule has 0 saturated carbocycles. The monoisotopic (exact) mass is 772 g/mol. The SMILES string of the molecule is c1ccc(-c2ccc(-c3cc(-c4ccc(-c5ccccc5)c5ccccc45)c4ccc5cc(-c6cccc7c6oc6ccccc67)cc6ccc3c4c65)c3ccccc23)cc1. The van der Waals surface area contributed by atoms with Gasteiger partial charge in [-0.1, -0.05) is 194 Å². The molecular weight excluding hydrogens is 737 g/mol.